The third-order valence-electron chi connectivity index (χ3n) is 6.95. The summed E-state index contributed by atoms with van der Waals surface area (Å²) in [6, 6.07) is 24.7. The lowest BCUT2D eigenvalue weighted by molar-refractivity contribution is -0.136. The molecule has 1 saturated heterocycles. The van der Waals surface area contributed by atoms with E-state index in [-0.39, 0.29) is 5.69 Å². The lowest BCUT2D eigenvalue weighted by Crippen LogP contribution is -2.39. The number of nitrogens with zero attached hydrogens (tertiary/aromatic N) is 2. The van der Waals surface area contributed by atoms with Crippen LogP contribution in [0, 0.1) is 5.92 Å². The molecule has 7 heteroatoms. The van der Waals surface area contributed by atoms with Crippen LogP contribution in [0.5, 0.6) is 0 Å². The fourth-order valence-electron chi connectivity index (χ4n) is 4.94. The Kier molecular flexibility index (Phi) is 9.23. The molecule has 1 aliphatic rings. The molecule has 0 aromatic heterocycles. The third kappa shape index (κ3) is 8.09. The summed E-state index contributed by atoms with van der Waals surface area (Å²) in [4.78, 5) is 17.2. The SMILES string of the molecule is O=C(Nc1ccccc1C(F)(F)F)N(CCCN1CCC(Cc2ccccc2)CC1)Cc1ccccc1. The maximum atomic E-state index is 13.4. The van der Waals surface area contributed by atoms with Crippen LogP contribution in [-0.2, 0) is 19.1 Å². The zero-order chi connectivity index (χ0) is 26.1. The van der Waals surface area contributed by atoms with Crippen molar-refractivity contribution in [2.75, 3.05) is 31.5 Å². The van der Waals surface area contributed by atoms with Crippen LogP contribution >= 0.6 is 0 Å². The Hall–Kier alpha value is -3.32. The van der Waals surface area contributed by atoms with Gasteiger partial charge in [0.05, 0.1) is 11.3 Å². The van der Waals surface area contributed by atoms with Crippen LogP contribution in [0.1, 0.15) is 36.0 Å². The number of carbonyl (C=O) groups is 1. The van der Waals surface area contributed by atoms with Gasteiger partial charge >= 0.3 is 12.2 Å². The number of piperidine rings is 1. The number of benzene rings is 3. The Bertz CT molecular complexity index is 1110. The number of nitrogens with one attached hydrogen (secondary N) is 1. The largest absolute Gasteiger partial charge is 0.418 e. The van der Waals surface area contributed by atoms with Crippen molar-refractivity contribution in [3.05, 3.63) is 102 Å². The fourth-order valence-corrected chi connectivity index (χ4v) is 4.94. The van der Waals surface area contributed by atoms with Gasteiger partial charge in [0.2, 0.25) is 0 Å². The lowest BCUT2D eigenvalue weighted by atomic mass is 9.90. The molecule has 0 unspecified atom stereocenters. The molecule has 2 amide bonds. The second-order valence-corrected chi connectivity index (χ2v) is 9.71. The second-order valence-electron chi connectivity index (χ2n) is 9.71. The standard InChI is InChI=1S/C30H34F3N3O/c31-30(32,33)27-14-7-8-15-28(27)34-29(37)36(23-26-12-5-2-6-13-26)19-9-18-35-20-16-25(17-21-35)22-24-10-3-1-4-11-24/h1-8,10-15,25H,9,16-23H2,(H,34,37). The van der Waals surface area contributed by atoms with Gasteiger partial charge in [0, 0.05) is 13.1 Å². The van der Waals surface area contributed by atoms with Crippen molar-refractivity contribution in [2.24, 2.45) is 5.92 Å². The molecule has 3 aromatic carbocycles. The summed E-state index contributed by atoms with van der Waals surface area (Å²) in [6.07, 6.45) is -0.376. The summed E-state index contributed by atoms with van der Waals surface area (Å²) >= 11 is 0. The summed E-state index contributed by atoms with van der Waals surface area (Å²) in [7, 11) is 0. The molecule has 0 spiro atoms. The number of carbonyl (C=O) groups excluding carboxylic acids is 1. The predicted octanol–water partition coefficient (Wildman–Crippen LogP) is 7.08. The molecule has 0 aliphatic carbocycles. The maximum Gasteiger partial charge on any atom is 0.418 e. The molecule has 37 heavy (non-hydrogen) atoms. The van der Waals surface area contributed by atoms with E-state index < -0.39 is 17.8 Å². The number of likely N-dealkylation sites (tertiary alicyclic amines) is 1. The zero-order valence-electron chi connectivity index (χ0n) is 21.0. The minimum Gasteiger partial charge on any atom is -0.320 e. The molecule has 0 radical (unpaired) electrons. The van der Waals surface area contributed by atoms with Gasteiger partial charge in [-0.2, -0.15) is 13.2 Å². The number of anilines is 1. The Labute approximate surface area is 217 Å². The molecule has 1 fully saturated rings. The zero-order valence-corrected chi connectivity index (χ0v) is 21.0. The maximum absolute atomic E-state index is 13.4. The Morgan fingerprint density at radius 2 is 1.46 bits per heavy atom. The quantitative estimate of drug-likeness (QED) is 0.334. The van der Waals surface area contributed by atoms with Gasteiger partial charge in [0.25, 0.3) is 0 Å². The van der Waals surface area contributed by atoms with E-state index >= 15 is 0 Å². The number of rotatable bonds is 9. The van der Waals surface area contributed by atoms with Crippen molar-refractivity contribution in [3.8, 4) is 0 Å². The number of amides is 2. The van der Waals surface area contributed by atoms with E-state index in [0.717, 1.165) is 56.9 Å². The number of alkyl halides is 3. The van der Waals surface area contributed by atoms with E-state index in [1.807, 2.05) is 36.4 Å². The summed E-state index contributed by atoms with van der Waals surface area (Å²) in [5.41, 5.74) is 1.25. The van der Waals surface area contributed by atoms with Gasteiger partial charge in [-0.3, -0.25) is 0 Å². The Morgan fingerprint density at radius 1 is 0.865 bits per heavy atom. The number of hydrogen-bond acceptors (Lipinski definition) is 2. The van der Waals surface area contributed by atoms with Crippen LogP contribution in [-0.4, -0.2) is 42.0 Å². The highest BCUT2D eigenvalue weighted by atomic mass is 19.4. The minimum atomic E-state index is -4.54. The van der Waals surface area contributed by atoms with Crippen LogP contribution in [0.3, 0.4) is 0 Å². The molecule has 1 heterocycles. The molecule has 1 N–H and O–H groups in total. The molecule has 0 saturated carbocycles. The summed E-state index contributed by atoms with van der Waals surface area (Å²) < 4.78 is 40.3. The van der Waals surface area contributed by atoms with Crippen LogP contribution in [0.15, 0.2) is 84.9 Å². The summed E-state index contributed by atoms with van der Waals surface area (Å²) in [5, 5.41) is 2.51. The molecule has 196 valence electrons. The van der Waals surface area contributed by atoms with E-state index in [9.17, 15) is 18.0 Å². The van der Waals surface area contributed by atoms with Crippen molar-refractivity contribution in [2.45, 2.75) is 38.4 Å². The molecule has 4 rings (SSSR count). The normalized spacial score (nSPS) is 14.9. The monoisotopic (exact) mass is 509 g/mol. The van der Waals surface area contributed by atoms with E-state index in [2.05, 4.69) is 34.5 Å². The van der Waals surface area contributed by atoms with Crippen LogP contribution < -0.4 is 5.32 Å². The van der Waals surface area contributed by atoms with Crippen molar-refractivity contribution in [1.29, 1.82) is 0 Å². The van der Waals surface area contributed by atoms with Crippen molar-refractivity contribution in [3.63, 3.8) is 0 Å². The average molecular weight is 510 g/mol. The van der Waals surface area contributed by atoms with Crippen molar-refractivity contribution >= 4 is 11.7 Å². The fraction of sp³-hybridized carbons (Fsp3) is 0.367. The van der Waals surface area contributed by atoms with Crippen molar-refractivity contribution < 1.29 is 18.0 Å². The first-order valence-electron chi connectivity index (χ1n) is 12.9. The van der Waals surface area contributed by atoms with Crippen LogP contribution in [0.25, 0.3) is 0 Å². The smallest absolute Gasteiger partial charge is 0.320 e. The molecular weight excluding hydrogens is 475 g/mol. The first-order chi connectivity index (χ1) is 17.9. The lowest BCUT2D eigenvalue weighted by Gasteiger charge is -2.32. The third-order valence-corrected chi connectivity index (χ3v) is 6.95. The van der Waals surface area contributed by atoms with Gasteiger partial charge in [0.15, 0.2) is 0 Å². The number of urea groups is 1. The first kappa shape index (κ1) is 26.7. The Balaban J connectivity index is 1.32. The molecule has 1 aliphatic heterocycles. The first-order valence-corrected chi connectivity index (χ1v) is 12.9. The summed E-state index contributed by atoms with van der Waals surface area (Å²) in [6.45, 7) is 3.71. The van der Waals surface area contributed by atoms with Gasteiger partial charge in [-0.15, -0.1) is 0 Å². The number of hydrogen-bond donors (Lipinski definition) is 1. The molecule has 0 bridgehead atoms. The summed E-state index contributed by atoms with van der Waals surface area (Å²) in [5.74, 6) is 0.688. The Morgan fingerprint density at radius 3 is 2.11 bits per heavy atom. The molecule has 0 atom stereocenters. The van der Waals surface area contributed by atoms with E-state index in [1.54, 1.807) is 4.90 Å². The van der Waals surface area contributed by atoms with Crippen LogP contribution in [0.2, 0.25) is 0 Å². The molecule has 4 nitrogen and oxygen atoms in total. The highest BCUT2D eigenvalue weighted by Gasteiger charge is 2.34. The molecule has 3 aromatic rings. The average Bonchev–Trinajstić information content (AvgIpc) is 2.90. The number of para-hydroxylation sites is 1. The second kappa shape index (κ2) is 12.8. The van der Waals surface area contributed by atoms with E-state index in [1.165, 1.54) is 23.8 Å². The van der Waals surface area contributed by atoms with Gasteiger partial charge in [-0.25, -0.2) is 4.79 Å². The minimum absolute atomic E-state index is 0.224. The number of halogens is 3. The van der Waals surface area contributed by atoms with Crippen LogP contribution in [0.4, 0.5) is 23.7 Å². The van der Waals surface area contributed by atoms with Crippen molar-refractivity contribution in [1.82, 2.24) is 9.80 Å². The van der Waals surface area contributed by atoms with Gasteiger partial charge in [0.1, 0.15) is 0 Å². The van der Waals surface area contributed by atoms with Gasteiger partial charge in [-0.1, -0.05) is 72.8 Å². The van der Waals surface area contributed by atoms with Gasteiger partial charge in [-0.05, 0) is 74.5 Å². The van der Waals surface area contributed by atoms with E-state index in [0.29, 0.717) is 19.0 Å². The van der Waals surface area contributed by atoms with E-state index in [4.69, 9.17) is 0 Å². The molecular formula is C30H34F3N3O. The highest BCUT2D eigenvalue weighted by Crippen LogP contribution is 2.34. The topological polar surface area (TPSA) is 35.6 Å². The highest BCUT2D eigenvalue weighted by molar-refractivity contribution is 5.90. The van der Waals surface area contributed by atoms with Gasteiger partial charge < -0.3 is 15.1 Å². The predicted molar refractivity (Wildman–Crippen MR) is 141 cm³/mol.